The average molecular weight is 325 g/mol. The van der Waals surface area contributed by atoms with Gasteiger partial charge in [0.05, 0.1) is 5.56 Å². The van der Waals surface area contributed by atoms with Crippen molar-refractivity contribution in [1.29, 1.82) is 0 Å². The van der Waals surface area contributed by atoms with Crippen LogP contribution in [0.25, 0.3) is 0 Å². The SMILES string of the molecule is O=C(c1ccc(N2CCCC2)nc1)N1CCCC(c2ccn[nH]2)C1. The van der Waals surface area contributed by atoms with Crippen molar-refractivity contribution in [3.63, 3.8) is 0 Å². The number of carbonyl (C=O) groups excluding carboxylic acids is 1. The van der Waals surface area contributed by atoms with Crippen LogP contribution >= 0.6 is 0 Å². The molecule has 1 amide bonds. The summed E-state index contributed by atoms with van der Waals surface area (Å²) in [6.45, 7) is 3.70. The van der Waals surface area contributed by atoms with Gasteiger partial charge >= 0.3 is 0 Å². The van der Waals surface area contributed by atoms with Crippen molar-refractivity contribution in [2.24, 2.45) is 0 Å². The Hall–Kier alpha value is -2.37. The lowest BCUT2D eigenvalue weighted by atomic mass is 9.94. The molecule has 2 aromatic rings. The molecule has 2 aliphatic rings. The van der Waals surface area contributed by atoms with E-state index in [-0.39, 0.29) is 5.91 Å². The number of H-pyrrole nitrogens is 1. The molecule has 2 aliphatic heterocycles. The Morgan fingerprint density at radius 2 is 2.00 bits per heavy atom. The molecule has 6 nitrogen and oxygen atoms in total. The van der Waals surface area contributed by atoms with E-state index in [1.54, 1.807) is 12.4 Å². The van der Waals surface area contributed by atoms with Gasteiger partial charge < -0.3 is 9.80 Å². The number of amides is 1. The minimum absolute atomic E-state index is 0.0830. The Kier molecular flexibility index (Phi) is 4.19. The summed E-state index contributed by atoms with van der Waals surface area (Å²) in [6.07, 6.45) is 8.08. The van der Waals surface area contributed by atoms with E-state index < -0.39 is 0 Å². The van der Waals surface area contributed by atoms with Crippen LogP contribution in [0.1, 0.15) is 47.7 Å². The van der Waals surface area contributed by atoms with E-state index in [0.29, 0.717) is 11.5 Å². The highest BCUT2D eigenvalue weighted by Gasteiger charge is 2.26. The van der Waals surface area contributed by atoms with Gasteiger partial charge in [-0.1, -0.05) is 0 Å². The highest BCUT2D eigenvalue weighted by Crippen LogP contribution is 2.26. The second kappa shape index (κ2) is 6.63. The first-order chi connectivity index (χ1) is 11.8. The van der Waals surface area contributed by atoms with Gasteiger partial charge in [-0.2, -0.15) is 5.10 Å². The van der Waals surface area contributed by atoms with E-state index in [4.69, 9.17) is 0 Å². The number of nitrogens with zero attached hydrogens (tertiary/aromatic N) is 4. The quantitative estimate of drug-likeness (QED) is 0.941. The molecule has 4 heterocycles. The van der Waals surface area contributed by atoms with Crippen LogP contribution in [0.4, 0.5) is 5.82 Å². The number of likely N-dealkylation sites (tertiary alicyclic amines) is 1. The van der Waals surface area contributed by atoms with Crippen LogP contribution < -0.4 is 4.90 Å². The maximum absolute atomic E-state index is 12.8. The predicted molar refractivity (Wildman–Crippen MR) is 92.2 cm³/mol. The van der Waals surface area contributed by atoms with Crippen molar-refractivity contribution in [1.82, 2.24) is 20.1 Å². The van der Waals surface area contributed by atoms with Crippen molar-refractivity contribution in [3.8, 4) is 0 Å². The molecule has 2 saturated heterocycles. The third kappa shape index (κ3) is 3.00. The second-order valence-electron chi connectivity index (χ2n) is 6.70. The third-order valence-corrected chi connectivity index (χ3v) is 5.10. The van der Waals surface area contributed by atoms with Crippen LogP contribution in [0.3, 0.4) is 0 Å². The first-order valence-electron chi connectivity index (χ1n) is 8.81. The minimum atomic E-state index is 0.0830. The number of hydrogen-bond acceptors (Lipinski definition) is 4. The van der Waals surface area contributed by atoms with Gasteiger partial charge in [-0.15, -0.1) is 0 Å². The van der Waals surface area contributed by atoms with Gasteiger partial charge in [0.15, 0.2) is 0 Å². The zero-order valence-electron chi connectivity index (χ0n) is 13.8. The molecular weight excluding hydrogens is 302 g/mol. The van der Waals surface area contributed by atoms with Gasteiger partial charge in [-0.25, -0.2) is 4.98 Å². The summed E-state index contributed by atoms with van der Waals surface area (Å²) in [4.78, 5) is 21.5. The molecule has 6 heteroatoms. The summed E-state index contributed by atoms with van der Waals surface area (Å²) < 4.78 is 0. The molecule has 1 atom stereocenters. The molecule has 2 aromatic heterocycles. The van der Waals surface area contributed by atoms with Gasteiger partial charge in [0.1, 0.15) is 5.82 Å². The molecule has 0 saturated carbocycles. The van der Waals surface area contributed by atoms with Crippen molar-refractivity contribution in [2.45, 2.75) is 31.6 Å². The second-order valence-corrected chi connectivity index (χ2v) is 6.70. The molecule has 1 unspecified atom stereocenters. The lowest BCUT2D eigenvalue weighted by Crippen LogP contribution is -2.39. The fourth-order valence-electron chi connectivity index (χ4n) is 3.74. The zero-order chi connectivity index (χ0) is 16.4. The van der Waals surface area contributed by atoms with Crippen molar-refractivity contribution >= 4 is 11.7 Å². The van der Waals surface area contributed by atoms with Gasteiger partial charge in [0, 0.05) is 50.2 Å². The van der Waals surface area contributed by atoms with Crippen LogP contribution in [0, 0.1) is 0 Å². The lowest BCUT2D eigenvalue weighted by molar-refractivity contribution is 0.0705. The van der Waals surface area contributed by atoms with Crippen LogP contribution in [0.2, 0.25) is 0 Å². The van der Waals surface area contributed by atoms with Crippen LogP contribution in [0.5, 0.6) is 0 Å². The Bertz CT molecular complexity index is 676. The fourth-order valence-corrected chi connectivity index (χ4v) is 3.74. The minimum Gasteiger partial charge on any atom is -0.357 e. The van der Waals surface area contributed by atoms with Crippen LogP contribution in [-0.4, -0.2) is 52.2 Å². The number of pyridine rings is 1. The molecule has 126 valence electrons. The monoisotopic (exact) mass is 325 g/mol. The molecule has 0 spiro atoms. The molecule has 0 bridgehead atoms. The summed E-state index contributed by atoms with van der Waals surface area (Å²) in [7, 11) is 0. The number of nitrogens with one attached hydrogen (secondary N) is 1. The zero-order valence-corrected chi connectivity index (χ0v) is 13.8. The van der Waals surface area contributed by atoms with Gasteiger partial charge in [0.25, 0.3) is 5.91 Å². The summed E-state index contributed by atoms with van der Waals surface area (Å²) >= 11 is 0. The Labute approximate surface area is 141 Å². The number of hydrogen-bond donors (Lipinski definition) is 1. The first kappa shape index (κ1) is 15.2. The Morgan fingerprint density at radius 1 is 1.12 bits per heavy atom. The molecule has 1 N–H and O–H groups in total. The van der Waals surface area contributed by atoms with Crippen molar-refractivity contribution in [2.75, 3.05) is 31.1 Å². The first-order valence-corrected chi connectivity index (χ1v) is 8.81. The van der Waals surface area contributed by atoms with Crippen molar-refractivity contribution in [3.05, 3.63) is 41.9 Å². The number of aromatic nitrogens is 3. The predicted octanol–water partition coefficient (Wildman–Crippen LogP) is 2.42. The van der Waals surface area contributed by atoms with E-state index in [2.05, 4.69) is 20.1 Å². The molecular formula is C18H23N5O. The third-order valence-electron chi connectivity index (χ3n) is 5.10. The maximum Gasteiger partial charge on any atom is 0.255 e. The standard InChI is InChI=1S/C18H23N5O/c24-18(14-5-6-17(19-12-14)22-9-1-2-10-22)23-11-3-4-15(13-23)16-7-8-20-21-16/h5-8,12,15H,1-4,9-11,13H2,(H,20,21). The molecule has 24 heavy (non-hydrogen) atoms. The lowest BCUT2D eigenvalue weighted by Gasteiger charge is -2.32. The Morgan fingerprint density at radius 3 is 2.71 bits per heavy atom. The molecule has 2 fully saturated rings. The molecule has 0 aromatic carbocycles. The largest absolute Gasteiger partial charge is 0.357 e. The average Bonchev–Trinajstić information content (AvgIpc) is 3.35. The normalized spacial score (nSPS) is 21.2. The highest BCUT2D eigenvalue weighted by molar-refractivity contribution is 5.94. The van der Waals surface area contributed by atoms with Crippen LogP contribution in [0.15, 0.2) is 30.6 Å². The maximum atomic E-state index is 12.8. The van der Waals surface area contributed by atoms with Crippen molar-refractivity contribution < 1.29 is 4.79 Å². The van der Waals surface area contributed by atoms with E-state index in [9.17, 15) is 4.79 Å². The number of anilines is 1. The molecule has 0 aliphatic carbocycles. The smallest absolute Gasteiger partial charge is 0.255 e. The Balaban J connectivity index is 1.44. The van der Waals surface area contributed by atoms with E-state index >= 15 is 0 Å². The van der Waals surface area contributed by atoms with Gasteiger partial charge in [-0.05, 0) is 43.9 Å². The summed E-state index contributed by atoms with van der Waals surface area (Å²) in [6, 6.07) is 5.91. The number of rotatable bonds is 3. The van der Waals surface area contributed by atoms with Gasteiger partial charge in [-0.3, -0.25) is 9.89 Å². The van der Waals surface area contributed by atoms with E-state index in [1.165, 1.54) is 12.8 Å². The van der Waals surface area contributed by atoms with Gasteiger partial charge in [0.2, 0.25) is 0 Å². The summed E-state index contributed by atoms with van der Waals surface area (Å²) in [5, 5.41) is 7.07. The molecule has 4 rings (SSSR count). The van der Waals surface area contributed by atoms with E-state index in [0.717, 1.165) is 50.5 Å². The highest BCUT2D eigenvalue weighted by atomic mass is 16.2. The fraction of sp³-hybridized carbons (Fsp3) is 0.500. The summed E-state index contributed by atoms with van der Waals surface area (Å²) in [5.74, 6) is 1.42. The number of carbonyl (C=O) groups is 1. The number of aromatic amines is 1. The van der Waals surface area contributed by atoms with E-state index in [1.807, 2.05) is 23.1 Å². The molecule has 0 radical (unpaired) electrons. The van der Waals surface area contributed by atoms with Crippen LogP contribution in [-0.2, 0) is 0 Å². The topological polar surface area (TPSA) is 65.1 Å². The summed E-state index contributed by atoms with van der Waals surface area (Å²) in [5.41, 5.74) is 1.80. The number of piperidine rings is 1.